The van der Waals surface area contributed by atoms with Crippen LogP contribution in [0.3, 0.4) is 0 Å². The molecule has 178 valence electrons. The van der Waals surface area contributed by atoms with Gasteiger partial charge in [-0.3, -0.25) is 9.59 Å². The number of hydrogen-bond donors (Lipinski definition) is 1. The third kappa shape index (κ3) is 6.14. The third-order valence-corrected chi connectivity index (χ3v) is 7.61. The number of carbonyl (C=O) groups is 2. The molecule has 2 aromatic rings. The molecule has 1 N–H and O–H groups in total. The Morgan fingerprint density at radius 1 is 1.06 bits per heavy atom. The number of benzene rings is 2. The number of halogens is 2. The molecule has 3 rings (SSSR count). The lowest BCUT2D eigenvalue weighted by Gasteiger charge is -2.30. The number of amides is 2. The Kier molecular flexibility index (Phi) is 8.15. The second kappa shape index (κ2) is 10.8. The number of sulfonamides is 1. The summed E-state index contributed by atoms with van der Waals surface area (Å²) in [5, 5.41) is 2.66. The highest BCUT2D eigenvalue weighted by Crippen LogP contribution is 2.25. The van der Waals surface area contributed by atoms with E-state index >= 15 is 0 Å². The van der Waals surface area contributed by atoms with Gasteiger partial charge in [0.1, 0.15) is 0 Å². The first kappa shape index (κ1) is 24.8. The zero-order chi connectivity index (χ0) is 24.0. The van der Waals surface area contributed by atoms with E-state index in [1.807, 2.05) is 37.3 Å². The van der Waals surface area contributed by atoms with Crippen molar-refractivity contribution in [3.05, 3.63) is 65.7 Å². The molecule has 0 radical (unpaired) electrons. The van der Waals surface area contributed by atoms with Gasteiger partial charge in [-0.25, -0.2) is 17.2 Å². The quantitative estimate of drug-likeness (QED) is 0.631. The van der Waals surface area contributed by atoms with E-state index in [0.717, 1.165) is 22.0 Å². The average molecular weight is 480 g/mol. The van der Waals surface area contributed by atoms with Crippen LogP contribution in [-0.2, 0) is 26.2 Å². The van der Waals surface area contributed by atoms with Crippen LogP contribution in [0.4, 0.5) is 8.78 Å². The van der Waals surface area contributed by atoms with Gasteiger partial charge in [-0.2, -0.15) is 4.31 Å². The highest BCUT2D eigenvalue weighted by atomic mass is 32.2. The van der Waals surface area contributed by atoms with Gasteiger partial charge in [0, 0.05) is 32.1 Å². The Morgan fingerprint density at radius 3 is 2.33 bits per heavy atom. The number of hydrogen-bond acceptors (Lipinski definition) is 4. The molecule has 1 saturated heterocycles. The molecule has 1 aliphatic rings. The van der Waals surface area contributed by atoms with Gasteiger partial charge in [0.15, 0.2) is 11.6 Å². The maximum atomic E-state index is 13.5. The molecule has 1 aliphatic heterocycles. The summed E-state index contributed by atoms with van der Waals surface area (Å²) in [5.74, 6) is -3.29. The Hall–Kier alpha value is -2.85. The Balaban J connectivity index is 1.50. The van der Waals surface area contributed by atoms with Crippen molar-refractivity contribution in [2.24, 2.45) is 5.92 Å². The number of piperidine rings is 1. The van der Waals surface area contributed by atoms with E-state index in [0.29, 0.717) is 19.2 Å². The molecule has 0 aliphatic carbocycles. The fourth-order valence-electron chi connectivity index (χ4n) is 3.74. The van der Waals surface area contributed by atoms with Gasteiger partial charge in [0.25, 0.3) is 0 Å². The van der Waals surface area contributed by atoms with E-state index in [1.54, 1.807) is 4.90 Å². The number of carbonyl (C=O) groups excluding carboxylic acids is 2. The minimum Gasteiger partial charge on any atom is -0.347 e. The van der Waals surface area contributed by atoms with Crippen molar-refractivity contribution in [2.75, 3.05) is 26.2 Å². The standard InChI is InChI=1S/C23H27F2N3O4S/c1-2-27(16-17-6-4-3-5-7-17)22(29)15-26-23(30)18-10-12-28(13-11-18)33(31,32)19-8-9-20(24)21(25)14-19/h3-9,14,18H,2,10-13,15-16H2,1H3,(H,26,30). The van der Waals surface area contributed by atoms with Gasteiger partial charge < -0.3 is 10.2 Å². The van der Waals surface area contributed by atoms with Crippen molar-refractivity contribution in [3.63, 3.8) is 0 Å². The Labute approximate surface area is 192 Å². The van der Waals surface area contributed by atoms with Crippen LogP contribution in [0, 0.1) is 17.6 Å². The molecule has 1 fully saturated rings. The van der Waals surface area contributed by atoms with E-state index in [1.165, 1.54) is 0 Å². The molecule has 0 atom stereocenters. The minimum atomic E-state index is -3.99. The van der Waals surface area contributed by atoms with Crippen LogP contribution in [0.1, 0.15) is 25.3 Å². The number of likely N-dealkylation sites (N-methyl/N-ethyl adjacent to an activating group) is 1. The van der Waals surface area contributed by atoms with Gasteiger partial charge in [0.2, 0.25) is 21.8 Å². The van der Waals surface area contributed by atoms with E-state index in [4.69, 9.17) is 0 Å². The molecule has 1 heterocycles. The van der Waals surface area contributed by atoms with Crippen LogP contribution in [-0.4, -0.2) is 55.6 Å². The number of nitrogens with zero attached hydrogens (tertiary/aromatic N) is 2. The maximum absolute atomic E-state index is 13.5. The first-order chi connectivity index (χ1) is 15.7. The van der Waals surface area contributed by atoms with E-state index in [-0.39, 0.29) is 49.2 Å². The first-order valence-electron chi connectivity index (χ1n) is 10.8. The minimum absolute atomic E-state index is 0.0719. The van der Waals surface area contributed by atoms with Crippen molar-refractivity contribution >= 4 is 21.8 Å². The average Bonchev–Trinajstić information content (AvgIpc) is 2.83. The lowest BCUT2D eigenvalue weighted by Crippen LogP contribution is -2.45. The molecular weight excluding hydrogens is 452 g/mol. The molecular formula is C23H27F2N3O4S. The largest absolute Gasteiger partial charge is 0.347 e. The zero-order valence-electron chi connectivity index (χ0n) is 18.3. The van der Waals surface area contributed by atoms with Crippen LogP contribution in [0.2, 0.25) is 0 Å². The van der Waals surface area contributed by atoms with Crippen molar-refractivity contribution < 1.29 is 26.8 Å². The fourth-order valence-corrected chi connectivity index (χ4v) is 5.23. The zero-order valence-corrected chi connectivity index (χ0v) is 19.2. The topological polar surface area (TPSA) is 86.8 Å². The molecule has 0 unspecified atom stereocenters. The summed E-state index contributed by atoms with van der Waals surface area (Å²) < 4.78 is 53.1. The lowest BCUT2D eigenvalue weighted by atomic mass is 9.97. The molecule has 7 nitrogen and oxygen atoms in total. The molecule has 0 aromatic heterocycles. The summed E-state index contributed by atoms with van der Waals surface area (Å²) >= 11 is 0. The summed E-state index contributed by atoms with van der Waals surface area (Å²) in [6.07, 6.45) is 0.537. The summed E-state index contributed by atoms with van der Waals surface area (Å²) in [7, 11) is -3.99. The van der Waals surface area contributed by atoms with E-state index in [9.17, 15) is 26.8 Å². The van der Waals surface area contributed by atoms with Crippen molar-refractivity contribution in [1.29, 1.82) is 0 Å². The van der Waals surface area contributed by atoms with E-state index < -0.39 is 27.6 Å². The summed E-state index contributed by atoms with van der Waals surface area (Å²) in [5.41, 5.74) is 0.994. The molecule has 33 heavy (non-hydrogen) atoms. The normalized spacial score (nSPS) is 15.2. The first-order valence-corrected chi connectivity index (χ1v) is 12.2. The van der Waals surface area contributed by atoms with Crippen LogP contribution in [0.25, 0.3) is 0 Å². The monoisotopic (exact) mass is 479 g/mol. The van der Waals surface area contributed by atoms with Crippen molar-refractivity contribution in [1.82, 2.24) is 14.5 Å². The number of nitrogens with one attached hydrogen (secondary N) is 1. The van der Waals surface area contributed by atoms with Crippen molar-refractivity contribution in [3.8, 4) is 0 Å². The van der Waals surface area contributed by atoms with Crippen LogP contribution < -0.4 is 5.32 Å². The van der Waals surface area contributed by atoms with Gasteiger partial charge in [-0.1, -0.05) is 30.3 Å². The van der Waals surface area contributed by atoms with Gasteiger partial charge in [0.05, 0.1) is 11.4 Å². The molecule has 2 amide bonds. The summed E-state index contributed by atoms with van der Waals surface area (Å²) in [4.78, 5) is 26.4. The second-order valence-electron chi connectivity index (χ2n) is 7.87. The van der Waals surface area contributed by atoms with Gasteiger partial charge in [-0.15, -0.1) is 0 Å². The summed E-state index contributed by atoms with van der Waals surface area (Å²) in [6, 6.07) is 12.0. The Bertz CT molecular complexity index is 1090. The predicted octanol–water partition coefficient (Wildman–Crippen LogP) is 2.53. The predicted molar refractivity (Wildman–Crippen MR) is 118 cm³/mol. The van der Waals surface area contributed by atoms with Crippen molar-refractivity contribution in [2.45, 2.75) is 31.2 Å². The van der Waals surface area contributed by atoms with E-state index in [2.05, 4.69) is 5.32 Å². The second-order valence-corrected chi connectivity index (χ2v) is 9.80. The molecule has 0 bridgehead atoms. The molecule has 2 aromatic carbocycles. The smallest absolute Gasteiger partial charge is 0.243 e. The molecule has 10 heteroatoms. The highest BCUT2D eigenvalue weighted by molar-refractivity contribution is 7.89. The highest BCUT2D eigenvalue weighted by Gasteiger charge is 2.32. The maximum Gasteiger partial charge on any atom is 0.243 e. The van der Waals surface area contributed by atoms with Gasteiger partial charge in [-0.05, 0) is 43.5 Å². The number of rotatable bonds is 8. The summed E-state index contributed by atoms with van der Waals surface area (Å²) in [6.45, 7) is 2.83. The van der Waals surface area contributed by atoms with Crippen LogP contribution >= 0.6 is 0 Å². The lowest BCUT2D eigenvalue weighted by molar-refractivity contribution is -0.134. The fraction of sp³-hybridized carbons (Fsp3) is 0.391. The molecule has 0 spiro atoms. The Morgan fingerprint density at radius 2 is 1.73 bits per heavy atom. The van der Waals surface area contributed by atoms with Crippen LogP contribution in [0.15, 0.2) is 53.4 Å². The third-order valence-electron chi connectivity index (χ3n) is 5.72. The van der Waals surface area contributed by atoms with Crippen LogP contribution in [0.5, 0.6) is 0 Å². The van der Waals surface area contributed by atoms with Gasteiger partial charge >= 0.3 is 0 Å². The SMILES string of the molecule is CCN(Cc1ccccc1)C(=O)CNC(=O)C1CCN(S(=O)(=O)c2ccc(F)c(F)c2)CC1. The molecule has 0 saturated carbocycles.